The van der Waals surface area contributed by atoms with E-state index in [2.05, 4.69) is 24.3 Å². The molecule has 0 aliphatic heterocycles. The second kappa shape index (κ2) is 5.51. The number of hydrogen-bond donors (Lipinski definition) is 1. The normalized spacial score (nSPS) is 25.4. The molecule has 1 aromatic rings. The fraction of sp³-hybridized carbons (Fsp3) is 0.692. The van der Waals surface area contributed by atoms with E-state index >= 15 is 0 Å². The molecule has 1 saturated carbocycles. The summed E-state index contributed by atoms with van der Waals surface area (Å²) in [5.74, 6) is 1.85. The van der Waals surface area contributed by atoms with Crippen LogP contribution in [-0.4, -0.2) is 31.6 Å². The zero-order valence-corrected chi connectivity index (χ0v) is 10.3. The second-order valence-electron chi connectivity index (χ2n) is 4.86. The molecule has 0 saturated heterocycles. The molecule has 3 heteroatoms. The van der Waals surface area contributed by atoms with Gasteiger partial charge in [0.1, 0.15) is 5.76 Å². The van der Waals surface area contributed by atoms with E-state index in [0.717, 1.165) is 24.8 Å². The maximum atomic E-state index is 5.36. The van der Waals surface area contributed by atoms with Crippen molar-refractivity contribution in [3.05, 3.63) is 24.2 Å². The van der Waals surface area contributed by atoms with E-state index in [-0.39, 0.29) is 0 Å². The Morgan fingerprint density at radius 2 is 2.38 bits per heavy atom. The number of nitrogens with zero attached hydrogens (tertiary/aromatic N) is 1. The molecule has 1 aromatic heterocycles. The molecule has 1 N–H and O–H groups in total. The average Bonchev–Trinajstić information content (AvgIpc) is 2.88. The second-order valence-corrected chi connectivity index (χ2v) is 4.86. The van der Waals surface area contributed by atoms with Crippen LogP contribution in [0.25, 0.3) is 0 Å². The van der Waals surface area contributed by atoms with Crippen molar-refractivity contribution >= 4 is 0 Å². The number of furan rings is 1. The van der Waals surface area contributed by atoms with Gasteiger partial charge in [0.15, 0.2) is 0 Å². The smallest absolute Gasteiger partial charge is 0.117 e. The predicted molar refractivity (Wildman–Crippen MR) is 65.2 cm³/mol. The van der Waals surface area contributed by atoms with E-state index < -0.39 is 0 Å². The molecule has 16 heavy (non-hydrogen) atoms. The van der Waals surface area contributed by atoms with Gasteiger partial charge in [-0.1, -0.05) is 6.42 Å². The molecule has 2 rings (SSSR count). The largest absolute Gasteiger partial charge is 0.468 e. The van der Waals surface area contributed by atoms with Crippen molar-refractivity contribution in [3.8, 4) is 0 Å². The molecule has 0 aromatic carbocycles. The van der Waals surface area contributed by atoms with Gasteiger partial charge in [0, 0.05) is 12.6 Å². The van der Waals surface area contributed by atoms with Crippen LogP contribution >= 0.6 is 0 Å². The Labute approximate surface area is 97.8 Å². The molecule has 2 atom stereocenters. The summed E-state index contributed by atoms with van der Waals surface area (Å²) in [5.41, 5.74) is 0. The fourth-order valence-corrected chi connectivity index (χ4v) is 2.77. The first-order valence-electron chi connectivity index (χ1n) is 6.18. The lowest BCUT2D eigenvalue weighted by molar-refractivity contribution is 0.233. The first kappa shape index (κ1) is 11.7. The maximum Gasteiger partial charge on any atom is 0.117 e. The molecular formula is C13H22N2O. The van der Waals surface area contributed by atoms with Crippen molar-refractivity contribution < 1.29 is 4.42 Å². The Morgan fingerprint density at radius 1 is 1.50 bits per heavy atom. The van der Waals surface area contributed by atoms with Crippen LogP contribution in [0.15, 0.2) is 22.8 Å². The summed E-state index contributed by atoms with van der Waals surface area (Å²) >= 11 is 0. The monoisotopic (exact) mass is 222 g/mol. The van der Waals surface area contributed by atoms with Crippen LogP contribution in [-0.2, 0) is 6.54 Å². The van der Waals surface area contributed by atoms with Crippen molar-refractivity contribution in [1.82, 2.24) is 10.2 Å². The molecule has 0 amide bonds. The van der Waals surface area contributed by atoms with Gasteiger partial charge in [-0.15, -0.1) is 0 Å². The van der Waals surface area contributed by atoms with E-state index in [0.29, 0.717) is 6.04 Å². The summed E-state index contributed by atoms with van der Waals surface area (Å²) in [7, 11) is 4.25. The van der Waals surface area contributed by atoms with Gasteiger partial charge in [-0.3, -0.25) is 4.90 Å². The average molecular weight is 222 g/mol. The van der Waals surface area contributed by atoms with Gasteiger partial charge in [0.2, 0.25) is 0 Å². The third kappa shape index (κ3) is 2.86. The first-order chi connectivity index (χ1) is 7.79. The zero-order chi connectivity index (χ0) is 11.4. The zero-order valence-electron chi connectivity index (χ0n) is 10.3. The van der Waals surface area contributed by atoms with Crippen LogP contribution in [0.5, 0.6) is 0 Å². The van der Waals surface area contributed by atoms with Crippen LogP contribution in [0.2, 0.25) is 0 Å². The Hall–Kier alpha value is -0.800. The summed E-state index contributed by atoms with van der Waals surface area (Å²) < 4.78 is 5.36. The van der Waals surface area contributed by atoms with E-state index in [4.69, 9.17) is 4.42 Å². The van der Waals surface area contributed by atoms with Crippen molar-refractivity contribution in [1.29, 1.82) is 0 Å². The van der Waals surface area contributed by atoms with E-state index in [1.54, 1.807) is 6.26 Å². The molecule has 1 fully saturated rings. The van der Waals surface area contributed by atoms with E-state index in [9.17, 15) is 0 Å². The molecule has 1 aliphatic carbocycles. The Kier molecular flexibility index (Phi) is 4.02. The Balaban J connectivity index is 1.80. The molecule has 0 radical (unpaired) electrons. The molecule has 2 unspecified atom stereocenters. The highest BCUT2D eigenvalue weighted by Gasteiger charge is 2.26. The molecule has 0 bridgehead atoms. The number of hydrogen-bond acceptors (Lipinski definition) is 3. The van der Waals surface area contributed by atoms with Crippen LogP contribution in [0.1, 0.15) is 25.0 Å². The molecule has 1 heterocycles. The summed E-state index contributed by atoms with van der Waals surface area (Å²) in [4.78, 5) is 2.36. The maximum absolute atomic E-state index is 5.36. The molecular weight excluding hydrogens is 200 g/mol. The summed E-state index contributed by atoms with van der Waals surface area (Å²) in [5, 5.41) is 3.43. The quantitative estimate of drug-likeness (QED) is 0.827. The minimum Gasteiger partial charge on any atom is -0.468 e. The van der Waals surface area contributed by atoms with E-state index in [1.807, 2.05) is 12.1 Å². The number of rotatable bonds is 5. The van der Waals surface area contributed by atoms with Gasteiger partial charge >= 0.3 is 0 Å². The van der Waals surface area contributed by atoms with Crippen molar-refractivity contribution in [3.63, 3.8) is 0 Å². The highest BCUT2D eigenvalue weighted by molar-refractivity contribution is 4.98. The van der Waals surface area contributed by atoms with Gasteiger partial charge in [-0.2, -0.15) is 0 Å². The lowest BCUT2D eigenvalue weighted by atomic mass is 10.0. The van der Waals surface area contributed by atoms with Crippen molar-refractivity contribution in [2.45, 2.75) is 31.8 Å². The molecule has 90 valence electrons. The summed E-state index contributed by atoms with van der Waals surface area (Å²) in [6, 6.07) is 4.70. The van der Waals surface area contributed by atoms with Crippen LogP contribution < -0.4 is 5.32 Å². The Bertz CT molecular complexity index is 297. The predicted octanol–water partition coefficient (Wildman–Crippen LogP) is 2.10. The number of nitrogens with one attached hydrogen (secondary N) is 1. The summed E-state index contributed by atoms with van der Waals surface area (Å²) in [6.07, 6.45) is 5.80. The molecule has 1 aliphatic rings. The van der Waals surface area contributed by atoms with Gasteiger partial charge in [0.25, 0.3) is 0 Å². The Morgan fingerprint density at radius 3 is 3.06 bits per heavy atom. The minimum absolute atomic E-state index is 0.707. The fourth-order valence-electron chi connectivity index (χ4n) is 2.77. The van der Waals surface area contributed by atoms with Crippen LogP contribution in [0.3, 0.4) is 0 Å². The van der Waals surface area contributed by atoms with Gasteiger partial charge < -0.3 is 9.73 Å². The topological polar surface area (TPSA) is 28.4 Å². The molecule has 3 nitrogen and oxygen atoms in total. The van der Waals surface area contributed by atoms with Gasteiger partial charge in [0.05, 0.1) is 12.8 Å². The highest BCUT2D eigenvalue weighted by atomic mass is 16.3. The van der Waals surface area contributed by atoms with Crippen molar-refractivity contribution in [2.75, 3.05) is 20.6 Å². The van der Waals surface area contributed by atoms with Gasteiger partial charge in [-0.05, 0) is 45.0 Å². The lowest BCUT2D eigenvalue weighted by Crippen LogP contribution is -2.36. The third-order valence-corrected chi connectivity index (χ3v) is 3.58. The SMILES string of the molecule is CNC1CCCC1CN(C)Cc1ccco1. The van der Waals surface area contributed by atoms with Gasteiger partial charge in [-0.25, -0.2) is 0 Å². The first-order valence-corrected chi connectivity index (χ1v) is 6.18. The molecule has 0 spiro atoms. The minimum atomic E-state index is 0.707. The van der Waals surface area contributed by atoms with Crippen LogP contribution in [0, 0.1) is 5.92 Å². The third-order valence-electron chi connectivity index (χ3n) is 3.58. The highest BCUT2D eigenvalue weighted by Crippen LogP contribution is 2.26. The van der Waals surface area contributed by atoms with Crippen LogP contribution in [0.4, 0.5) is 0 Å². The summed E-state index contributed by atoms with van der Waals surface area (Å²) in [6.45, 7) is 2.08. The lowest BCUT2D eigenvalue weighted by Gasteiger charge is -2.24. The standard InChI is InChI=1S/C13H22N2O/c1-14-13-7-3-5-11(13)9-15(2)10-12-6-4-8-16-12/h4,6,8,11,13-14H,3,5,7,9-10H2,1-2H3. The van der Waals surface area contributed by atoms with E-state index in [1.165, 1.54) is 19.3 Å². The van der Waals surface area contributed by atoms with Crippen molar-refractivity contribution in [2.24, 2.45) is 5.92 Å².